The Hall–Kier alpha value is -2.95. The molecule has 110 valence electrons. The smallest absolute Gasteiger partial charge is 0.338 e. The zero-order valence-corrected chi connectivity index (χ0v) is 12.1. The second kappa shape index (κ2) is 6.22. The lowest BCUT2D eigenvalue weighted by molar-refractivity contribution is 0.0338. The van der Waals surface area contributed by atoms with Crippen molar-refractivity contribution in [2.24, 2.45) is 0 Å². The number of rotatable bonds is 4. The first-order chi connectivity index (χ1) is 10.7. The van der Waals surface area contributed by atoms with Crippen LogP contribution in [0.4, 0.5) is 0 Å². The summed E-state index contributed by atoms with van der Waals surface area (Å²) in [6.07, 6.45) is 2.78. The molecule has 0 fully saturated rings. The molecule has 0 unspecified atom stereocenters. The van der Waals surface area contributed by atoms with Crippen LogP contribution in [0.3, 0.4) is 0 Å². The van der Waals surface area contributed by atoms with Crippen molar-refractivity contribution >= 4 is 5.97 Å². The fraction of sp³-hybridized carbons (Fsp3) is 0.118. The van der Waals surface area contributed by atoms with Gasteiger partial charge in [0, 0.05) is 0 Å². The topological polar surface area (TPSA) is 57.0 Å². The minimum absolute atomic E-state index is 0.288. The van der Waals surface area contributed by atoms with Gasteiger partial charge in [-0.2, -0.15) is 5.10 Å². The van der Waals surface area contributed by atoms with E-state index in [-0.39, 0.29) is 12.1 Å². The van der Waals surface area contributed by atoms with E-state index in [0.717, 1.165) is 11.3 Å². The minimum atomic E-state index is -0.346. The van der Waals surface area contributed by atoms with Crippen molar-refractivity contribution in [2.75, 3.05) is 0 Å². The molecule has 2 aromatic carbocycles. The summed E-state index contributed by atoms with van der Waals surface area (Å²) in [7, 11) is 0. The van der Waals surface area contributed by atoms with Crippen LogP contribution >= 0.6 is 0 Å². The number of ether oxygens (including phenoxy) is 1. The standard InChI is InChI=1S/C17H15N3O2/c1-13(14-5-3-2-4-6-14)22-17(21)15-7-9-16(10-8-15)20-12-18-11-19-20/h2-13H,1H3/t13-/m1/s1. The number of esters is 1. The first-order valence-corrected chi connectivity index (χ1v) is 6.95. The molecule has 0 radical (unpaired) electrons. The summed E-state index contributed by atoms with van der Waals surface area (Å²) in [6.45, 7) is 1.86. The third kappa shape index (κ3) is 3.03. The molecule has 0 N–H and O–H groups in total. The molecule has 0 spiro atoms. The van der Waals surface area contributed by atoms with E-state index in [0.29, 0.717) is 5.56 Å². The van der Waals surface area contributed by atoms with Crippen LogP contribution in [0.25, 0.3) is 5.69 Å². The molecule has 5 nitrogen and oxygen atoms in total. The van der Waals surface area contributed by atoms with Crippen LogP contribution in [0, 0.1) is 0 Å². The van der Waals surface area contributed by atoms with Gasteiger partial charge in [-0.15, -0.1) is 0 Å². The SMILES string of the molecule is C[C@@H](OC(=O)c1ccc(-n2cncn2)cc1)c1ccccc1. The summed E-state index contributed by atoms with van der Waals surface area (Å²) < 4.78 is 7.11. The van der Waals surface area contributed by atoms with Gasteiger partial charge in [0.25, 0.3) is 0 Å². The second-order valence-electron chi connectivity index (χ2n) is 4.85. The third-order valence-electron chi connectivity index (χ3n) is 3.34. The molecule has 0 amide bonds. The van der Waals surface area contributed by atoms with Gasteiger partial charge in [0.15, 0.2) is 0 Å². The lowest BCUT2D eigenvalue weighted by atomic mass is 10.1. The van der Waals surface area contributed by atoms with Crippen LogP contribution in [0.15, 0.2) is 67.3 Å². The number of nitrogens with zero attached hydrogens (tertiary/aromatic N) is 3. The first-order valence-electron chi connectivity index (χ1n) is 6.95. The Morgan fingerprint density at radius 3 is 2.45 bits per heavy atom. The molecule has 22 heavy (non-hydrogen) atoms. The summed E-state index contributed by atoms with van der Waals surface area (Å²) in [6, 6.07) is 16.7. The van der Waals surface area contributed by atoms with Crippen LogP contribution in [0.2, 0.25) is 0 Å². The van der Waals surface area contributed by atoms with Gasteiger partial charge in [-0.3, -0.25) is 0 Å². The molecule has 1 atom stereocenters. The molecule has 5 heteroatoms. The number of hydrogen-bond donors (Lipinski definition) is 0. The van der Waals surface area contributed by atoms with Gasteiger partial charge in [-0.25, -0.2) is 14.5 Å². The van der Waals surface area contributed by atoms with Crippen molar-refractivity contribution in [1.29, 1.82) is 0 Å². The lowest BCUT2D eigenvalue weighted by Crippen LogP contribution is -2.09. The van der Waals surface area contributed by atoms with Crippen molar-refractivity contribution in [3.05, 3.63) is 78.4 Å². The Labute approximate surface area is 128 Å². The molecule has 0 aliphatic carbocycles. The van der Waals surface area contributed by atoms with Gasteiger partial charge in [-0.05, 0) is 36.8 Å². The number of hydrogen-bond acceptors (Lipinski definition) is 4. The van der Waals surface area contributed by atoms with E-state index in [4.69, 9.17) is 4.74 Å². The molecule has 3 rings (SSSR count). The Kier molecular flexibility index (Phi) is 3.96. The molecule has 0 aliphatic heterocycles. The van der Waals surface area contributed by atoms with Crippen LogP contribution in [-0.2, 0) is 4.74 Å². The van der Waals surface area contributed by atoms with Crippen molar-refractivity contribution in [1.82, 2.24) is 14.8 Å². The zero-order chi connectivity index (χ0) is 15.4. The highest BCUT2D eigenvalue weighted by atomic mass is 16.5. The van der Waals surface area contributed by atoms with Gasteiger partial charge in [0.1, 0.15) is 18.8 Å². The largest absolute Gasteiger partial charge is 0.454 e. The molecular weight excluding hydrogens is 278 g/mol. The first kappa shape index (κ1) is 14.0. The van der Waals surface area contributed by atoms with E-state index >= 15 is 0 Å². The normalized spacial score (nSPS) is 11.9. The van der Waals surface area contributed by atoms with E-state index in [2.05, 4.69) is 10.1 Å². The van der Waals surface area contributed by atoms with Crippen molar-refractivity contribution in [3.63, 3.8) is 0 Å². The second-order valence-corrected chi connectivity index (χ2v) is 4.85. The Morgan fingerprint density at radius 1 is 1.09 bits per heavy atom. The van der Waals surface area contributed by atoms with E-state index in [1.54, 1.807) is 35.3 Å². The summed E-state index contributed by atoms with van der Waals surface area (Å²) in [5.41, 5.74) is 2.31. The van der Waals surface area contributed by atoms with Crippen molar-refractivity contribution in [2.45, 2.75) is 13.0 Å². The van der Waals surface area contributed by atoms with Gasteiger partial charge >= 0.3 is 5.97 Å². The molecule has 1 aromatic heterocycles. The predicted molar refractivity (Wildman–Crippen MR) is 81.6 cm³/mol. The molecule has 3 aromatic rings. The minimum Gasteiger partial charge on any atom is -0.454 e. The maximum Gasteiger partial charge on any atom is 0.338 e. The molecule has 1 heterocycles. The van der Waals surface area contributed by atoms with Crippen molar-refractivity contribution < 1.29 is 9.53 Å². The van der Waals surface area contributed by atoms with E-state index in [1.807, 2.05) is 37.3 Å². The Bertz CT molecular complexity index is 737. The summed E-state index contributed by atoms with van der Waals surface area (Å²) in [4.78, 5) is 16.1. The summed E-state index contributed by atoms with van der Waals surface area (Å²) >= 11 is 0. The highest BCUT2D eigenvalue weighted by Gasteiger charge is 2.13. The predicted octanol–water partition coefficient (Wildman–Crippen LogP) is 3.19. The summed E-state index contributed by atoms with van der Waals surface area (Å²) in [5, 5.41) is 4.04. The average Bonchev–Trinajstić information content (AvgIpc) is 3.10. The fourth-order valence-corrected chi connectivity index (χ4v) is 2.11. The van der Waals surface area contributed by atoms with Crippen LogP contribution in [-0.4, -0.2) is 20.7 Å². The molecule has 0 aliphatic rings. The Balaban J connectivity index is 1.70. The fourth-order valence-electron chi connectivity index (χ4n) is 2.11. The van der Waals surface area contributed by atoms with E-state index in [1.165, 1.54) is 6.33 Å². The number of aromatic nitrogens is 3. The molecule has 0 saturated heterocycles. The van der Waals surface area contributed by atoms with Gasteiger partial charge in [0.05, 0.1) is 11.3 Å². The molecular formula is C17H15N3O2. The zero-order valence-electron chi connectivity index (χ0n) is 12.1. The molecule has 0 saturated carbocycles. The average molecular weight is 293 g/mol. The Morgan fingerprint density at radius 2 is 1.82 bits per heavy atom. The van der Waals surface area contributed by atoms with Gasteiger partial charge in [-0.1, -0.05) is 30.3 Å². The number of carbonyl (C=O) groups is 1. The maximum atomic E-state index is 12.2. The maximum absolute atomic E-state index is 12.2. The summed E-state index contributed by atoms with van der Waals surface area (Å²) in [5.74, 6) is -0.346. The van der Waals surface area contributed by atoms with Gasteiger partial charge in [0.2, 0.25) is 0 Å². The highest BCUT2D eigenvalue weighted by molar-refractivity contribution is 5.89. The van der Waals surface area contributed by atoms with Crippen LogP contribution < -0.4 is 0 Å². The number of benzene rings is 2. The highest BCUT2D eigenvalue weighted by Crippen LogP contribution is 2.18. The van der Waals surface area contributed by atoms with E-state index < -0.39 is 0 Å². The third-order valence-corrected chi connectivity index (χ3v) is 3.34. The van der Waals surface area contributed by atoms with Crippen LogP contribution in [0.1, 0.15) is 28.9 Å². The monoisotopic (exact) mass is 293 g/mol. The lowest BCUT2D eigenvalue weighted by Gasteiger charge is -2.13. The quantitative estimate of drug-likeness (QED) is 0.693. The van der Waals surface area contributed by atoms with Crippen LogP contribution in [0.5, 0.6) is 0 Å². The van der Waals surface area contributed by atoms with E-state index in [9.17, 15) is 4.79 Å². The van der Waals surface area contributed by atoms with Crippen molar-refractivity contribution in [3.8, 4) is 5.69 Å². The molecule has 0 bridgehead atoms. The van der Waals surface area contributed by atoms with Gasteiger partial charge < -0.3 is 4.74 Å². The number of carbonyl (C=O) groups excluding carboxylic acids is 1.